The third kappa shape index (κ3) is 5.43. The summed E-state index contributed by atoms with van der Waals surface area (Å²) in [6, 6.07) is 19.7. The Kier molecular flexibility index (Phi) is 6.70. The number of thiophene rings is 1. The molecule has 0 atom stereocenters. The van der Waals surface area contributed by atoms with Crippen LogP contribution in [0.2, 0.25) is 0 Å². The molecule has 11 heteroatoms. The molecule has 0 aliphatic rings. The molecule has 32 heavy (non-hydrogen) atoms. The fourth-order valence-corrected chi connectivity index (χ4v) is 4.98. The van der Waals surface area contributed by atoms with E-state index in [1.807, 2.05) is 52.4 Å². The Bertz CT molecular complexity index is 1320. The third-order valence-electron chi connectivity index (χ3n) is 4.42. The number of benzene rings is 2. The van der Waals surface area contributed by atoms with E-state index in [1.54, 1.807) is 17.4 Å². The van der Waals surface area contributed by atoms with Crippen molar-refractivity contribution in [3.8, 4) is 10.7 Å². The Morgan fingerprint density at radius 2 is 1.88 bits per heavy atom. The van der Waals surface area contributed by atoms with Crippen molar-refractivity contribution in [2.75, 3.05) is 11.1 Å². The summed E-state index contributed by atoms with van der Waals surface area (Å²) in [5.74, 6) is 0.526. The number of nitrogens with zero attached hydrogens (tertiary/aromatic N) is 3. The van der Waals surface area contributed by atoms with E-state index >= 15 is 0 Å². The van der Waals surface area contributed by atoms with Crippen molar-refractivity contribution >= 4 is 44.7 Å². The molecular weight excluding hydrogens is 466 g/mol. The molecular formula is C21H19N5O3S3. The number of amides is 1. The van der Waals surface area contributed by atoms with Crippen molar-refractivity contribution in [2.24, 2.45) is 5.14 Å². The maximum Gasteiger partial charge on any atom is 0.238 e. The van der Waals surface area contributed by atoms with Crippen LogP contribution < -0.4 is 10.5 Å². The van der Waals surface area contributed by atoms with Gasteiger partial charge in [-0.25, -0.2) is 13.6 Å². The molecule has 0 aliphatic heterocycles. The molecule has 2 aromatic carbocycles. The van der Waals surface area contributed by atoms with Gasteiger partial charge in [-0.2, -0.15) is 0 Å². The molecule has 2 aromatic heterocycles. The van der Waals surface area contributed by atoms with E-state index in [0.717, 1.165) is 16.3 Å². The van der Waals surface area contributed by atoms with Gasteiger partial charge in [-0.3, -0.25) is 9.36 Å². The second kappa shape index (κ2) is 9.65. The van der Waals surface area contributed by atoms with Crippen molar-refractivity contribution in [1.29, 1.82) is 0 Å². The van der Waals surface area contributed by atoms with Gasteiger partial charge in [0.15, 0.2) is 11.0 Å². The van der Waals surface area contributed by atoms with Gasteiger partial charge in [0.2, 0.25) is 15.9 Å². The number of anilines is 1. The first-order valence-corrected chi connectivity index (χ1v) is 12.9. The lowest BCUT2D eigenvalue weighted by Crippen LogP contribution is -2.16. The molecule has 2 heterocycles. The highest BCUT2D eigenvalue weighted by Crippen LogP contribution is 2.28. The smallest absolute Gasteiger partial charge is 0.238 e. The van der Waals surface area contributed by atoms with E-state index in [9.17, 15) is 13.2 Å². The third-order valence-corrected chi connectivity index (χ3v) is 7.16. The highest BCUT2D eigenvalue weighted by Gasteiger charge is 2.17. The first-order chi connectivity index (χ1) is 15.4. The molecule has 0 saturated carbocycles. The van der Waals surface area contributed by atoms with E-state index in [2.05, 4.69) is 15.5 Å². The standard InChI is InChI=1S/C21H19N5O3S3/c22-32(28,29)17-9-4-8-16(12-17)23-19(27)14-31-21-25-24-20(18-10-5-11-30-18)26(21)13-15-6-2-1-3-7-15/h1-12H,13-14H2,(H,23,27)(H2,22,28,29). The summed E-state index contributed by atoms with van der Waals surface area (Å²) in [5, 5.41) is 19.1. The van der Waals surface area contributed by atoms with E-state index in [0.29, 0.717) is 17.4 Å². The average Bonchev–Trinajstić information content (AvgIpc) is 3.43. The van der Waals surface area contributed by atoms with Crippen molar-refractivity contribution in [3.63, 3.8) is 0 Å². The van der Waals surface area contributed by atoms with Crippen LogP contribution in [0.25, 0.3) is 10.7 Å². The van der Waals surface area contributed by atoms with Crippen molar-refractivity contribution in [1.82, 2.24) is 14.8 Å². The topological polar surface area (TPSA) is 120 Å². The fraction of sp³-hybridized carbons (Fsp3) is 0.0952. The van der Waals surface area contributed by atoms with Gasteiger partial charge >= 0.3 is 0 Å². The monoisotopic (exact) mass is 485 g/mol. The zero-order valence-electron chi connectivity index (χ0n) is 16.7. The molecule has 4 aromatic rings. The summed E-state index contributed by atoms with van der Waals surface area (Å²) in [7, 11) is -3.85. The average molecular weight is 486 g/mol. The molecule has 4 rings (SSSR count). The van der Waals surface area contributed by atoms with Gasteiger partial charge < -0.3 is 5.32 Å². The van der Waals surface area contributed by atoms with Crippen LogP contribution in [0.4, 0.5) is 5.69 Å². The minimum Gasteiger partial charge on any atom is -0.325 e. The van der Waals surface area contributed by atoms with Gasteiger partial charge in [0.1, 0.15) is 0 Å². The van der Waals surface area contributed by atoms with E-state index in [1.165, 1.54) is 30.0 Å². The summed E-state index contributed by atoms with van der Waals surface area (Å²) in [5.41, 5.74) is 1.45. The van der Waals surface area contributed by atoms with Crippen molar-refractivity contribution < 1.29 is 13.2 Å². The number of nitrogens with one attached hydrogen (secondary N) is 1. The number of sulfonamides is 1. The number of carbonyl (C=O) groups is 1. The van der Waals surface area contributed by atoms with Crippen LogP contribution in [0.3, 0.4) is 0 Å². The maximum absolute atomic E-state index is 12.5. The number of rotatable bonds is 8. The fourth-order valence-electron chi connectivity index (χ4n) is 2.97. The minimum absolute atomic E-state index is 0.0638. The molecule has 164 valence electrons. The maximum atomic E-state index is 12.5. The SMILES string of the molecule is NS(=O)(=O)c1cccc(NC(=O)CSc2nnc(-c3cccs3)n2Cc2ccccc2)c1. The highest BCUT2D eigenvalue weighted by atomic mass is 32.2. The Balaban J connectivity index is 1.50. The van der Waals surface area contributed by atoms with E-state index in [4.69, 9.17) is 5.14 Å². The molecule has 1 amide bonds. The van der Waals surface area contributed by atoms with Crippen LogP contribution >= 0.6 is 23.1 Å². The Hall–Kier alpha value is -2.99. The number of nitrogens with two attached hydrogens (primary N) is 1. The lowest BCUT2D eigenvalue weighted by molar-refractivity contribution is -0.113. The second-order valence-electron chi connectivity index (χ2n) is 6.76. The quantitative estimate of drug-likeness (QED) is 0.369. The highest BCUT2D eigenvalue weighted by molar-refractivity contribution is 7.99. The first-order valence-electron chi connectivity index (χ1n) is 9.47. The molecule has 0 fully saturated rings. The summed E-state index contributed by atoms with van der Waals surface area (Å²) < 4.78 is 25.0. The number of primary sulfonamides is 1. The lowest BCUT2D eigenvalue weighted by atomic mass is 10.2. The van der Waals surface area contributed by atoms with E-state index in [-0.39, 0.29) is 16.6 Å². The molecule has 0 saturated heterocycles. The van der Waals surface area contributed by atoms with Crippen LogP contribution in [-0.2, 0) is 21.4 Å². The molecule has 0 aliphatic carbocycles. The van der Waals surface area contributed by atoms with Crippen LogP contribution in [-0.4, -0.2) is 34.8 Å². The molecule has 3 N–H and O–H groups in total. The van der Waals surface area contributed by atoms with Gasteiger partial charge in [-0.1, -0.05) is 54.2 Å². The first kappa shape index (κ1) is 22.2. The number of aromatic nitrogens is 3. The number of thioether (sulfide) groups is 1. The predicted octanol–water partition coefficient (Wildman–Crippen LogP) is 3.43. The Morgan fingerprint density at radius 1 is 1.06 bits per heavy atom. The lowest BCUT2D eigenvalue weighted by Gasteiger charge is -2.10. The minimum atomic E-state index is -3.85. The Morgan fingerprint density at radius 3 is 2.59 bits per heavy atom. The van der Waals surface area contributed by atoms with Gasteiger partial charge in [-0.05, 0) is 35.2 Å². The number of hydrogen-bond donors (Lipinski definition) is 2. The summed E-state index contributed by atoms with van der Waals surface area (Å²) in [4.78, 5) is 13.4. The summed E-state index contributed by atoms with van der Waals surface area (Å²) in [6.07, 6.45) is 0. The summed E-state index contributed by atoms with van der Waals surface area (Å²) >= 11 is 2.83. The van der Waals surface area contributed by atoms with Crippen LogP contribution in [0, 0.1) is 0 Å². The van der Waals surface area contributed by atoms with Gasteiger partial charge in [-0.15, -0.1) is 21.5 Å². The number of carbonyl (C=O) groups excluding carboxylic acids is 1. The normalized spacial score (nSPS) is 11.4. The molecule has 0 spiro atoms. The van der Waals surface area contributed by atoms with Crippen molar-refractivity contribution in [2.45, 2.75) is 16.6 Å². The largest absolute Gasteiger partial charge is 0.325 e. The van der Waals surface area contributed by atoms with Gasteiger partial charge in [0.05, 0.1) is 22.1 Å². The van der Waals surface area contributed by atoms with Crippen LogP contribution in [0.1, 0.15) is 5.56 Å². The van der Waals surface area contributed by atoms with Gasteiger partial charge in [0.25, 0.3) is 0 Å². The summed E-state index contributed by atoms with van der Waals surface area (Å²) in [6.45, 7) is 0.571. The predicted molar refractivity (Wildman–Crippen MR) is 126 cm³/mol. The molecule has 8 nitrogen and oxygen atoms in total. The molecule has 0 radical (unpaired) electrons. The zero-order chi connectivity index (χ0) is 22.6. The van der Waals surface area contributed by atoms with Crippen molar-refractivity contribution in [3.05, 3.63) is 77.7 Å². The number of hydrogen-bond acceptors (Lipinski definition) is 7. The molecule has 0 bridgehead atoms. The second-order valence-corrected chi connectivity index (χ2v) is 10.2. The van der Waals surface area contributed by atoms with Gasteiger partial charge in [0, 0.05) is 5.69 Å². The molecule has 0 unspecified atom stereocenters. The van der Waals surface area contributed by atoms with Crippen LogP contribution in [0.5, 0.6) is 0 Å². The zero-order valence-corrected chi connectivity index (χ0v) is 19.2. The van der Waals surface area contributed by atoms with Crippen LogP contribution in [0.15, 0.2) is 82.2 Å². The Labute approximate surface area is 193 Å². The van der Waals surface area contributed by atoms with E-state index < -0.39 is 10.0 Å².